The van der Waals surface area contributed by atoms with Gasteiger partial charge < -0.3 is 15.2 Å². The minimum atomic E-state index is -1.05. The summed E-state index contributed by atoms with van der Waals surface area (Å²) in [5, 5.41) is 13.1. The van der Waals surface area contributed by atoms with Crippen LogP contribution < -0.4 is 5.32 Å². The Morgan fingerprint density at radius 3 is 2.61 bits per heavy atom. The van der Waals surface area contributed by atoms with Crippen LogP contribution in [0.2, 0.25) is 5.02 Å². The number of methoxy groups -OCH3 is 1. The zero-order valence-electron chi connectivity index (χ0n) is 10.6. The summed E-state index contributed by atoms with van der Waals surface area (Å²) in [6.45, 7) is 1.94. The number of amides is 1. The Balaban J connectivity index is 2.40. The van der Waals surface area contributed by atoms with Crippen molar-refractivity contribution < 1.29 is 14.6 Å². The monoisotopic (exact) mass is 271 g/mol. The van der Waals surface area contributed by atoms with Gasteiger partial charge in [0.05, 0.1) is 13.0 Å². The highest BCUT2D eigenvalue weighted by molar-refractivity contribution is 6.30. The highest BCUT2D eigenvalue weighted by atomic mass is 35.5. The normalized spacial score (nSPS) is 14.0. The molecule has 0 spiro atoms. The van der Waals surface area contributed by atoms with Crippen LogP contribution in [0.4, 0.5) is 0 Å². The molecule has 1 unspecified atom stereocenters. The fourth-order valence-electron chi connectivity index (χ4n) is 1.50. The Morgan fingerprint density at radius 2 is 2.06 bits per heavy atom. The van der Waals surface area contributed by atoms with Gasteiger partial charge in [0.25, 0.3) is 0 Å². The van der Waals surface area contributed by atoms with E-state index >= 15 is 0 Å². The van der Waals surface area contributed by atoms with Gasteiger partial charge in [-0.25, -0.2) is 0 Å². The van der Waals surface area contributed by atoms with Crippen LogP contribution in [0.1, 0.15) is 12.5 Å². The fraction of sp³-hybridized carbons (Fsp3) is 0.462. The lowest BCUT2D eigenvalue weighted by atomic mass is 10.1. The fourth-order valence-corrected chi connectivity index (χ4v) is 1.63. The molecule has 0 aromatic heterocycles. The molecule has 1 aromatic rings. The van der Waals surface area contributed by atoms with Gasteiger partial charge in [0.1, 0.15) is 5.60 Å². The van der Waals surface area contributed by atoms with E-state index in [1.807, 2.05) is 0 Å². The molecule has 1 amide bonds. The first-order valence-electron chi connectivity index (χ1n) is 5.65. The van der Waals surface area contributed by atoms with Gasteiger partial charge in [0.2, 0.25) is 5.91 Å². The molecule has 5 heteroatoms. The van der Waals surface area contributed by atoms with Gasteiger partial charge in [-0.2, -0.15) is 0 Å². The third-order valence-electron chi connectivity index (χ3n) is 2.40. The first kappa shape index (κ1) is 15.0. The van der Waals surface area contributed by atoms with Crippen molar-refractivity contribution in [2.75, 3.05) is 20.3 Å². The molecule has 0 aliphatic carbocycles. The molecule has 2 N–H and O–H groups in total. The Labute approximate surface area is 112 Å². The number of hydrogen-bond donors (Lipinski definition) is 2. The lowest BCUT2D eigenvalue weighted by Crippen LogP contribution is -2.44. The SMILES string of the molecule is COCC(C)(O)CNC(=O)Cc1ccc(Cl)cc1. The molecule has 1 rings (SSSR count). The summed E-state index contributed by atoms with van der Waals surface area (Å²) in [5.41, 5.74) is -0.173. The van der Waals surface area contributed by atoms with Gasteiger partial charge in [-0.1, -0.05) is 23.7 Å². The van der Waals surface area contributed by atoms with E-state index in [9.17, 15) is 9.90 Å². The lowest BCUT2D eigenvalue weighted by Gasteiger charge is -2.22. The van der Waals surface area contributed by atoms with Crippen LogP contribution in [0.15, 0.2) is 24.3 Å². The number of halogens is 1. The molecule has 0 radical (unpaired) electrons. The second kappa shape index (κ2) is 6.73. The minimum Gasteiger partial charge on any atom is -0.386 e. The van der Waals surface area contributed by atoms with E-state index in [2.05, 4.69) is 5.32 Å². The van der Waals surface area contributed by atoms with Crippen LogP contribution in [0.25, 0.3) is 0 Å². The van der Waals surface area contributed by atoms with Gasteiger partial charge in [0, 0.05) is 18.7 Å². The molecule has 0 aliphatic rings. The standard InChI is InChI=1S/C13H18ClNO3/c1-13(17,9-18-2)8-15-12(16)7-10-3-5-11(14)6-4-10/h3-6,17H,7-9H2,1-2H3,(H,15,16). The van der Waals surface area contributed by atoms with Gasteiger partial charge in [-0.15, -0.1) is 0 Å². The van der Waals surface area contributed by atoms with Crippen LogP contribution in [0.5, 0.6) is 0 Å². The summed E-state index contributed by atoms with van der Waals surface area (Å²) in [5.74, 6) is -0.145. The topological polar surface area (TPSA) is 58.6 Å². The first-order valence-corrected chi connectivity index (χ1v) is 6.03. The highest BCUT2D eigenvalue weighted by Gasteiger charge is 2.20. The Bertz CT molecular complexity index is 390. The Morgan fingerprint density at radius 1 is 1.44 bits per heavy atom. The summed E-state index contributed by atoms with van der Waals surface area (Å²) >= 11 is 5.76. The number of hydrogen-bond acceptors (Lipinski definition) is 3. The maximum Gasteiger partial charge on any atom is 0.224 e. The molecule has 0 saturated carbocycles. The number of benzene rings is 1. The van der Waals surface area contributed by atoms with Crippen molar-refractivity contribution in [1.82, 2.24) is 5.32 Å². The van der Waals surface area contributed by atoms with Crippen LogP contribution >= 0.6 is 11.6 Å². The molecule has 1 aromatic carbocycles. The van der Waals surface area contributed by atoms with E-state index in [-0.39, 0.29) is 25.5 Å². The second-order valence-electron chi connectivity index (χ2n) is 4.51. The molecule has 1 atom stereocenters. The van der Waals surface area contributed by atoms with Crippen molar-refractivity contribution in [3.05, 3.63) is 34.9 Å². The zero-order chi connectivity index (χ0) is 13.6. The van der Waals surface area contributed by atoms with E-state index in [1.165, 1.54) is 7.11 Å². The van der Waals surface area contributed by atoms with E-state index < -0.39 is 5.60 Å². The predicted octanol–water partition coefficient (Wildman–Crippen LogP) is 1.40. The minimum absolute atomic E-state index is 0.145. The predicted molar refractivity (Wildman–Crippen MR) is 70.7 cm³/mol. The molecule has 0 fully saturated rings. The van der Waals surface area contributed by atoms with Crippen LogP contribution in [0, 0.1) is 0 Å². The van der Waals surface area contributed by atoms with Crippen molar-refractivity contribution in [3.8, 4) is 0 Å². The number of carbonyl (C=O) groups excluding carboxylic acids is 1. The smallest absolute Gasteiger partial charge is 0.224 e. The summed E-state index contributed by atoms with van der Waals surface area (Å²) in [6.07, 6.45) is 0.264. The largest absolute Gasteiger partial charge is 0.386 e. The molecular weight excluding hydrogens is 254 g/mol. The Kier molecular flexibility index (Phi) is 5.59. The zero-order valence-corrected chi connectivity index (χ0v) is 11.3. The summed E-state index contributed by atoms with van der Waals surface area (Å²) in [6, 6.07) is 7.08. The van der Waals surface area contributed by atoms with Gasteiger partial charge >= 0.3 is 0 Å². The van der Waals surface area contributed by atoms with E-state index in [0.717, 1.165) is 5.56 Å². The first-order chi connectivity index (χ1) is 8.43. The van der Waals surface area contributed by atoms with Crippen LogP contribution in [-0.2, 0) is 16.0 Å². The molecule has 18 heavy (non-hydrogen) atoms. The van der Waals surface area contributed by atoms with Crippen molar-refractivity contribution in [1.29, 1.82) is 0 Å². The average molecular weight is 272 g/mol. The maximum absolute atomic E-state index is 11.7. The highest BCUT2D eigenvalue weighted by Crippen LogP contribution is 2.10. The molecule has 100 valence electrons. The molecule has 4 nitrogen and oxygen atoms in total. The molecular formula is C13H18ClNO3. The van der Waals surface area contributed by atoms with Crippen molar-refractivity contribution in [2.45, 2.75) is 18.9 Å². The summed E-state index contributed by atoms with van der Waals surface area (Å²) in [7, 11) is 1.50. The number of aliphatic hydroxyl groups is 1. The third kappa shape index (κ3) is 5.49. The molecule has 0 saturated heterocycles. The summed E-state index contributed by atoms with van der Waals surface area (Å²) in [4.78, 5) is 11.7. The van der Waals surface area contributed by atoms with E-state index in [0.29, 0.717) is 5.02 Å². The average Bonchev–Trinajstić information content (AvgIpc) is 2.30. The van der Waals surface area contributed by atoms with Gasteiger partial charge in [-0.3, -0.25) is 4.79 Å². The molecule has 0 aliphatic heterocycles. The number of nitrogens with one attached hydrogen (secondary N) is 1. The molecule has 0 bridgehead atoms. The van der Waals surface area contributed by atoms with E-state index in [4.69, 9.17) is 16.3 Å². The van der Waals surface area contributed by atoms with Gasteiger partial charge in [0.15, 0.2) is 0 Å². The van der Waals surface area contributed by atoms with Crippen molar-refractivity contribution in [2.24, 2.45) is 0 Å². The molecule has 0 heterocycles. The second-order valence-corrected chi connectivity index (χ2v) is 4.95. The Hall–Kier alpha value is -1.10. The summed E-state index contributed by atoms with van der Waals surface area (Å²) < 4.78 is 4.85. The van der Waals surface area contributed by atoms with Crippen molar-refractivity contribution >= 4 is 17.5 Å². The third-order valence-corrected chi connectivity index (χ3v) is 2.65. The lowest BCUT2D eigenvalue weighted by molar-refractivity contribution is -0.122. The number of ether oxygens (including phenoxy) is 1. The van der Waals surface area contributed by atoms with Crippen molar-refractivity contribution in [3.63, 3.8) is 0 Å². The quantitative estimate of drug-likeness (QED) is 0.822. The number of carbonyl (C=O) groups is 1. The maximum atomic E-state index is 11.7. The van der Waals surface area contributed by atoms with Gasteiger partial charge in [-0.05, 0) is 24.6 Å². The number of rotatable bonds is 6. The van der Waals surface area contributed by atoms with Crippen LogP contribution in [-0.4, -0.2) is 36.9 Å². The van der Waals surface area contributed by atoms with E-state index in [1.54, 1.807) is 31.2 Å². The van der Waals surface area contributed by atoms with Crippen LogP contribution in [0.3, 0.4) is 0 Å².